The van der Waals surface area contributed by atoms with Gasteiger partial charge in [0.25, 0.3) is 0 Å². The molecule has 0 aromatic heterocycles. The molecule has 0 atom stereocenters. The fraction of sp³-hybridized carbons (Fsp3) is 0.222. The second-order valence-electron chi connectivity index (χ2n) is 2.63. The summed E-state index contributed by atoms with van der Waals surface area (Å²) in [4.78, 5) is 11.1. The maximum atomic E-state index is 11.1. The monoisotopic (exact) mass is 217 g/mol. The van der Waals surface area contributed by atoms with E-state index in [2.05, 4.69) is 0 Å². The zero-order valence-electron chi connectivity index (χ0n) is 7.43. The number of carbonyl (C=O) groups is 1. The van der Waals surface area contributed by atoms with Crippen molar-refractivity contribution in [2.75, 3.05) is 6.54 Å². The Labute approximate surface area is 87.8 Å². The molecule has 1 rings (SSSR count). The van der Waals surface area contributed by atoms with Gasteiger partial charge in [0.05, 0.1) is 13.2 Å². The van der Waals surface area contributed by atoms with Gasteiger partial charge in [0, 0.05) is 11.1 Å². The number of aliphatic hydroxyl groups is 1. The van der Waals surface area contributed by atoms with Crippen LogP contribution in [0.2, 0.25) is 0 Å². The molecule has 1 aromatic rings. The van der Waals surface area contributed by atoms with E-state index in [1.165, 1.54) is 18.2 Å². The van der Waals surface area contributed by atoms with E-state index >= 15 is 0 Å². The minimum atomic E-state index is -0.294. The van der Waals surface area contributed by atoms with Crippen LogP contribution < -0.4 is 5.73 Å². The lowest BCUT2D eigenvalue weighted by Crippen LogP contribution is -2.13. The zero-order valence-corrected chi connectivity index (χ0v) is 8.25. The molecule has 0 unspecified atom stereocenters. The Hall–Kier alpha value is -1.10. The van der Waals surface area contributed by atoms with Gasteiger partial charge in [-0.15, -0.1) is 12.4 Å². The van der Waals surface area contributed by atoms with Crippen molar-refractivity contribution in [1.29, 1.82) is 0 Å². The molecule has 0 bridgehead atoms. The van der Waals surface area contributed by atoms with Crippen LogP contribution in [0, 0.1) is 0 Å². The van der Waals surface area contributed by atoms with E-state index < -0.39 is 0 Å². The molecule has 1 aromatic carbocycles. The number of aromatic hydroxyl groups is 1. The number of rotatable bonds is 3. The molecule has 0 heterocycles. The van der Waals surface area contributed by atoms with Gasteiger partial charge in [0.2, 0.25) is 0 Å². The zero-order chi connectivity index (χ0) is 9.84. The molecule has 0 saturated heterocycles. The molecule has 0 aliphatic heterocycles. The standard InChI is InChI=1S/C9H11NO3.ClH/c10-4-9(13)6-1-2-8(12)7(3-6)5-11;/h1-3,11-12H,4-5,10H2;1H. The third-order valence-corrected chi connectivity index (χ3v) is 1.76. The van der Waals surface area contributed by atoms with Crippen LogP contribution in [0.3, 0.4) is 0 Å². The van der Waals surface area contributed by atoms with Crippen molar-refractivity contribution >= 4 is 18.2 Å². The Balaban J connectivity index is 0.00000169. The molecule has 0 aliphatic rings. The summed E-state index contributed by atoms with van der Waals surface area (Å²) in [5.74, 6) is -0.231. The summed E-state index contributed by atoms with van der Waals surface area (Å²) in [6.45, 7) is -0.368. The third-order valence-electron chi connectivity index (χ3n) is 1.76. The van der Waals surface area contributed by atoms with Gasteiger partial charge in [-0.05, 0) is 18.2 Å². The van der Waals surface area contributed by atoms with Crippen LogP contribution in [0.4, 0.5) is 0 Å². The Morgan fingerprint density at radius 2 is 2.07 bits per heavy atom. The van der Waals surface area contributed by atoms with Crippen molar-refractivity contribution in [3.8, 4) is 5.75 Å². The van der Waals surface area contributed by atoms with Crippen molar-refractivity contribution in [1.82, 2.24) is 0 Å². The molecular formula is C9H12ClNO3. The molecule has 4 nitrogen and oxygen atoms in total. The molecular weight excluding hydrogens is 206 g/mol. The van der Waals surface area contributed by atoms with Gasteiger partial charge in [0.1, 0.15) is 5.75 Å². The number of benzene rings is 1. The molecule has 4 N–H and O–H groups in total. The molecule has 0 saturated carbocycles. The van der Waals surface area contributed by atoms with E-state index in [0.29, 0.717) is 11.1 Å². The van der Waals surface area contributed by atoms with Gasteiger partial charge in [-0.1, -0.05) is 0 Å². The quantitative estimate of drug-likeness (QED) is 0.642. The second-order valence-corrected chi connectivity index (χ2v) is 2.63. The fourth-order valence-electron chi connectivity index (χ4n) is 1.00. The molecule has 78 valence electrons. The third kappa shape index (κ3) is 2.70. The molecule has 14 heavy (non-hydrogen) atoms. The lowest BCUT2D eigenvalue weighted by Gasteiger charge is -2.03. The second kappa shape index (κ2) is 5.59. The number of aliphatic hydroxyl groups excluding tert-OH is 1. The first kappa shape index (κ1) is 12.9. The van der Waals surface area contributed by atoms with Gasteiger partial charge in [-0.2, -0.15) is 0 Å². The first-order chi connectivity index (χ1) is 6.19. The summed E-state index contributed by atoms with van der Waals surface area (Å²) in [6, 6.07) is 4.28. The van der Waals surface area contributed by atoms with E-state index in [-0.39, 0.29) is 37.1 Å². The summed E-state index contributed by atoms with van der Waals surface area (Å²) in [5.41, 5.74) is 5.90. The topological polar surface area (TPSA) is 83.6 Å². The highest BCUT2D eigenvalue weighted by Gasteiger charge is 2.06. The highest BCUT2D eigenvalue weighted by Crippen LogP contribution is 2.18. The predicted molar refractivity (Wildman–Crippen MR) is 54.7 cm³/mol. The summed E-state index contributed by atoms with van der Waals surface area (Å²) in [6.07, 6.45) is 0. The van der Waals surface area contributed by atoms with E-state index in [4.69, 9.17) is 10.8 Å². The number of hydrogen-bond acceptors (Lipinski definition) is 4. The van der Waals surface area contributed by atoms with Gasteiger partial charge in [-0.25, -0.2) is 0 Å². The Morgan fingerprint density at radius 3 is 2.57 bits per heavy atom. The lowest BCUT2D eigenvalue weighted by atomic mass is 10.1. The minimum Gasteiger partial charge on any atom is -0.508 e. The van der Waals surface area contributed by atoms with Gasteiger partial charge >= 0.3 is 0 Å². The number of phenols is 1. The average molecular weight is 218 g/mol. The Morgan fingerprint density at radius 1 is 1.43 bits per heavy atom. The predicted octanol–water partition coefficient (Wildman–Crippen LogP) is 0.448. The van der Waals surface area contributed by atoms with Crippen molar-refractivity contribution in [3.05, 3.63) is 29.3 Å². The van der Waals surface area contributed by atoms with Crippen molar-refractivity contribution in [2.45, 2.75) is 6.61 Å². The maximum absolute atomic E-state index is 11.1. The number of halogens is 1. The number of hydrogen-bond donors (Lipinski definition) is 3. The van der Waals surface area contributed by atoms with E-state index in [0.717, 1.165) is 0 Å². The molecule has 0 spiro atoms. The SMILES string of the molecule is Cl.NCC(=O)c1ccc(O)c(CO)c1. The normalized spacial score (nSPS) is 9.29. The smallest absolute Gasteiger partial charge is 0.176 e. The Kier molecular flexibility index (Phi) is 5.15. The molecule has 0 fully saturated rings. The number of Topliss-reactive ketones (excluding diaryl/α,β-unsaturated/α-hetero) is 1. The largest absolute Gasteiger partial charge is 0.508 e. The Bertz CT molecular complexity index is 328. The summed E-state index contributed by atoms with van der Waals surface area (Å²) in [7, 11) is 0. The first-order valence-corrected chi connectivity index (χ1v) is 3.85. The fourth-order valence-corrected chi connectivity index (χ4v) is 1.00. The van der Waals surface area contributed by atoms with Crippen LogP contribution in [-0.2, 0) is 6.61 Å². The van der Waals surface area contributed by atoms with E-state index in [1.807, 2.05) is 0 Å². The molecule has 0 amide bonds. The molecule has 0 aliphatic carbocycles. The van der Waals surface area contributed by atoms with Crippen LogP contribution in [0.15, 0.2) is 18.2 Å². The molecule has 5 heteroatoms. The van der Waals surface area contributed by atoms with Crippen LogP contribution in [0.25, 0.3) is 0 Å². The van der Waals surface area contributed by atoms with Crippen molar-refractivity contribution in [3.63, 3.8) is 0 Å². The summed E-state index contributed by atoms with van der Waals surface area (Å²) < 4.78 is 0. The van der Waals surface area contributed by atoms with Gasteiger partial charge in [-0.3, -0.25) is 4.79 Å². The van der Waals surface area contributed by atoms with E-state index in [1.54, 1.807) is 0 Å². The van der Waals surface area contributed by atoms with Crippen molar-refractivity contribution < 1.29 is 15.0 Å². The van der Waals surface area contributed by atoms with Crippen LogP contribution in [0.1, 0.15) is 15.9 Å². The van der Waals surface area contributed by atoms with Crippen LogP contribution in [-0.4, -0.2) is 22.5 Å². The number of ketones is 1. The van der Waals surface area contributed by atoms with Crippen molar-refractivity contribution in [2.24, 2.45) is 5.73 Å². The van der Waals surface area contributed by atoms with Crippen LogP contribution in [0.5, 0.6) is 5.75 Å². The maximum Gasteiger partial charge on any atom is 0.176 e. The van der Waals surface area contributed by atoms with Crippen LogP contribution >= 0.6 is 12.4 Å². The average Bonchev–Trinajstić information content (AvgIpc) is 2.17. The first-order valence-electron chi connectivity index (χ1n) is 3.85. The van der Waals surface area contributed by atoms with Gasteiger partial charge < -0.3 is 15.9 Å². The highest BCUT2D eigenvalue weighted by molar-refractivity contribution is 5.97. The summed E-state index contributed by atoms with van der Waals surface area (Å²) >= 11 is 0. The molecule has 0 radical (unpaired) electrons. The van der Waals surface area contributed by atoms with Gasteiger partial charge in [0.15, 0.2) is 5.78 Å². The highest BCUT2D eigenvalue weighted by atomic mass is 35.5. The lowest BCUT2D eigenvalue weighted by molar-refractivity contribution is 0.100. The minimum absolute atomic E-state index is 0. The number of carbonyl (C=O) groups excluding carboxylic acids is 1. The van der Waals surface area contributed by atoms with E-state index in [9.17, 15) is 9.90 Å². The number of nitrogens with two attached hydrogens (primary N) is 1. The summed E-state index contributed by atoms with van der Waals surface area (Å²) in [5, 5.41) is 18.0.